The fraction of sp³-hybridized carbons (Fsp3) is 0.250. The number of hydrogen-bond acceptors (Lipinski definition) is 7. The second kappa shape index (κ2) is 13.0. The Bertz CT molecular complexity index is 2240. The number of hydrogen-bond donors (Lipinski definition) is 2. The number of nitrogens with one attached hydrogen (secondary N) is 2. The normalized spacial score (nSPS) is 17.7. The zero-order valence-electron chi connectivity index (χ0n) is 28.1. The van der Waals surface area contributed by atoms with Gasteiger partial charge in [0.25, 0.3) is 11.8 Å². The first-order valence-corrected chi connectivity index (χ1v) is 17.3. The molecule has 2 saturated heterocycles. The third-order valence-electron chi connectivity index (χ3n) is 10.2. The minimum atomic E-state index is -1.01. The zero-order valence-corrected chi connectivity index (χ0v) is 28.1. The van der Waals surface area contributed by atoms with E-state index in [0.717, 1.165) is 55.1 Å². The second-order valence-electron chi connectivity index (χ2n) is 13.3. The molecule has 0 bridgehead atoms. The molecule has 5 amide bonds. The van der Waals surface area contributed by atoms with Crippen molar-refractivity contribution >= 4 is 46.3 Å². The average molecular weight is 681 g/mol. The van der Waals surface area contributed by atoms with E-state index in [4.69, 9.17) is 0 Å². The molecule has 256 valence electrons. The fourth-order valence-electron chi connectivity index (χ4n) is 7.56. The molecule has 11 heteroatoms. The summed E-state index contributed by atoms with van der Waals surface area (Å²) in [5.74, 6) is -2.03. The Morgan fingerprint density at radius 2 is 1.59 bits per heavy atom. The van der Waals surface area contributed by atoms with Crippen LogP contribution in [0.4, 0.5) is 5.69 Å². The van der Waals surface area contributed by atoms with Crippen molar-refractivity contribution in [2.45, 2.75) is 38.6 Å². The molecule has 2 fully saturated rings. The quantitative estimate of drug-likeness (QED) is 0.234. The van der Waals surface area contributed by atoms with Crippen LogP contribution in [0.1, 0.15) is 51.1 Å². The lowest BCUT2D eigenvalue weighted by molar-refractivity contribution is -0.136. The molecule has 2 N–H and O–H groups in total. The summed E-state index contributed by atoms with van der Waals surface area (Å²) >= 11 is 0. The molecular weight excluding hydrogens is 644 g/mol. The number of carbonyl (C=O) groups excluding carboxylic acids is 5. The van der Waals surface area contributed by atoms with Gasteiger partial charge in [-0.15, -0.1) is 0 Å². The largest absolute Gasteiger partial charge is 0.368 e. The Morgan fingerprint density at radius 1 is 0.824 bits per heavy atom. The molecule has 0 saturated carbocycles. The predicted octanol–water partition coefficient (Wildman–Crippen LogP) is 4.89. The number of aromatic amines is 1. The van der Waals surface area contributed by atoms with Crippen LogP contribution in [-0.2, 0) is 20.8 Å². The number of anilines is 1. The van der Waals surface area contributed by atoms with Gasteiger partial charge in [-0.2, -0.15) is 0 Å². The van der Waals surface area contributed by atoms with Gasteiger partial charge < -0.3 is 14.8 Å². The lowest BCUT2D eigenvalue weighted by Gasteiger charge is -2.36. The van der Waals surface area contributed by atoms with Crippen LogP contribution in [0, 0.1) is 6.92 Å². The number of carbonyl (C=O) groups is 5. The van der Waals surface area contributed by atoms with Gasteiger partial charge >= 0.3 is 0 Å². The molecular formula is C40H36N6O5. The number of aromatic nitrogens is 2. The Kier molecular flexibility index (Phi) is 8.18. The minimum Gasteiger partial charge on any atom is -0.368 e. The third kappa shape index (κ3) is 5.84. The Hall–Kier alpha value is -6.10. The highest BCUT2D eigenvalue weighted by molar-refractivity contribution is 6.23. The highest BCUT2D eigenvalue weighted by atomic mass is 16.2. The predicted molar refractivity (Wildman–Crippen MR) is 192 cm³/mol. The molecule has 1 atom stereocenters. The highest BCUT2D eigenvalue weighted by Gasteiger charge is 2.44. The van der Waals surface area contributed by atoms with Crippen LogP contribution in [0.25, 0.3) is 33.4 Å². The average Bonchev–Trinajstić information content (AvgIpc) is 3.64. The van der Waals surface area contributed by atoms with Crippen molar-refractivity contribution in [1.29, 1.82) is 0 Å². The summed E-state index contributed by atoms with van der Waals surface area (Å²) in [5.41, 5.74) is 8.56. The summed E-state index contributed by atoms with van der Waals surface area (Å²) < 4.78 is 0. The van der Waals surface area contributed by atoms with Crippen LogP contribution < -0.4 is 10.2 Å². The van der Waals surface area contributed by atoms with E-state index in [9.17, 15) is 24.0 Å². The molecule has 11 nitrogen and oxygen atoms in total. The molecule has 51 heavy (non-hydrogen) atoms. The van der Waals surface area contributed by atoms with Crippen LogP contribution >= 0.6 is 0 Å². The van der Waals surface area contributed by atoms with Crippen molar-refractivity contribution in [3.8, 4) is 22.4 Å². The zero-order chi connectivity index (χ0) is 35.2. The number of piperazine rings is 1. The van der Waals surface area contributed by atoms with E-state index in [1.807, 2.05) is 29.2 Å². The monoisotopic (exact) mass is 680 g/mol. The molecule has 5 aromatic rings. The smallest absolute Gasteiger partial charge is 0.262 e. The van der Waals surface area contributed by atoms with Gasteiger partial charge in [0, 0.05) is 61.9 Å². The summed E-state index contributed by atoms with van der Waals surface area (Å²) in [6.07, 6.45) is 2.84. The summed E-state index contributed by atoms with van der Waals surface area (Å²) in [5, 5.41) is 3.23. The van der Waals surface area contributed by atoms with Crippen molar-refractivity contribution < 1.29 is 24.0 Å². The van der Waals surface area contributed by atoms with Gasteiger partial charge in [0.15, 0.2) is 0 Å². The van der Waals surface area contributed by atoms with Crippen LogP contribution in [0.3, 0.4) is 0 Å². The number of benzene rings is 3. The maximum absolute atomic E-state index is 13.7. The first-order valence-electron chi connectivity index (χ1n) is 17.3. The molecule has 0 aliphatic carbocycles. The van der Waals surface area contributed by atoms with E-state index >= 15 is 0 Å². The molecule has 0 radical (unpaired) electrons. The van der Waals surface area contributed by atoms with Crippen LogP contribution in [0.15, 0.2) is 85.1 Å². The van der Waals surface area contributed by atoms with Gasteiger partial charge in [-0.3, -0.25) is 34.2 Å². The Balaban J connectivity index is 0.961. The summed E-state index contributed by atoms with van der Waals surface area (Å²) in [4.78, 5) is 77.3. The number of amides is 5. The van der Waals surface area contributed by atoms with Crippen molar-refractivity contribution in [1.82, 2.24) is 25.1 Å². The molecule has 2 aromatic heterocycles. The van der Waals surface area contributed by atoms with E-state index in [2.05, 4.69) is 63.5 Å². The lowest BCUT2D eigenvalue weighted by atomic mass is 9.92. The van der Waals surface area contributed by atoms with E-state index in [1.165, 1.54) is 0 Å². The van der Waals surface area contributed by atoms with E-state index in [1.54, 1.807) is 24.4 Å². The van der Waals surface area contributed by atoms with E-state index < -0.39 is 29.7 Å². The number of aryl methyl sites for hydroxylation is 2. The molecule has 1 unspecified atom stereocenters. The maximum Gasteiger partial charge on any atom is 0.262 e. The molecule has 3 aliphatic heterocycles. The van der Waals surface area contributed by atoms with Gasteiger partial charge in [-0.05, 0) is 66.8 Å². The lowest BCUT2D eigenvalue weighted by Crippen LogP contribution is -2.54. The first-order chi connectivity index (χ1) is 24.8. The van der Waals surface area contributed by atoms with Gasteiger partial charge in [-0.25, -0.2) is 4.98 Å². The van der Waals surface area contributed by atoms with Gasteiger partial charge in [0.2, 0.25) is 17.7 Å². The number of H-pyrrole nitrogens is 1. The van der Waals surface area contributed by atoms with Crippen LogP contribution in [-0.4, -0.2) is 81.5 Å². The van der Waals surface area contributed by atoms with Crippen molar-refractivity contribution in [2.75, 3.05) is 31.1 Å². The number of imide groups is 2. The van der Waals surface area contributed by atoms with Gasteiger partial charge in [0.1, 0.15) is 11.7 Å². The number of piperidine rings is 1. The highest BCUT2D eigenvalue weighted by Crippen LogP contribution is 2.38. The third-order valence-corrected chi connectivity index (χ3v) is 10.2. The van der Waals surface area contributed by atoms with E-state index in [0.29, 0.717) is 39.0 Å². The number of nitrogens with zero attached hydrogens (tertiary/aromatic N) is 4. The Morgan fingerprint density at radius 3 is 2.37 bits per heavy atom. The standard InChI is InChI=1S/C40H36N6O5/c1-24-9-11-28(31(22-24)25-6-3-2-4-7-25)36-27(29-8-5-17-41-37(29)43-36)13-16-35(48)45-20-18-44(19-21-45)26-10-12-30-32(23-26)40(51)46(39(30)50)33-14-15-34(47)42-38(33)49/h2-12,17,22-23,33H,13-16,18-21H2,1H3,(H,41,43)(H,42,47,49). The molecule has 3 aromatic carbocycles. The SMILES string of the molecule is Cc1ccc(-c2[nH]c3ncccc3c2CCC(=O)N2CCN(c3ccc4c(c3)C(=O)N(C3CCC(=O)NC3=O)C4=O)CC2)c(-c2ccccc2)c1. The number of pyridine rings is 1. The summed E-state index contributed by atoms with van der Waals surface area (Å²) in [6.45, 7) is 4.25. The van der Waals surface area contributed by atoms with E-state index in [-0.39, 0.29) is 29.9 Å². The first kappa shape index (κ1) is 32.1. The van der Waals surface area contributed by atoms with Crippen molar-refractivity contribution in [3.63, 3.8) is 0 Å². The van der Waals surface area contributed by atoms with Crippen LogP contribution in [0.5, 0.6) is 0 Å². The summed E-state index contributed by atoms with van der Waals surface area (Å²) in [6, 6.07) is 24.8. The number of fused-ring (bicyclic) bond motifs is 2. The maximum atomic E-state index is 13.7. The molecule has 0 spiro atoms. The molecule has 3 aliphatic rings. The Labute approximate surface area is 294 Å². The minimum absolute atomic E-state index is 0.0696. The van der Waals surface area contributed by atoms with Gasteiger partial charge in [0.05, 0.1) is 16.8 Å². The molecule has 8 rings (SSSR count). The topological polar surface area (TPSA) is 136 Å². The van der Waals surface area contributed by atoms with Crippen LogP contribution in [0.2, 0.25) is 0 Å². The van der Waals surface area contributed by atoms with Gasteiger partial charge in [-0.1, -0.05) is 54.1 Å². The van der Waals surface area contributed by atoms with Crippen molar-refractivity contribution in [2.24, 2.45) is 0 Å². The summed E-state index contributed by atoms with van der Waals surface area (Å²) in [7, 11) is 0. The van der Waals surface area contributed by atoms with Crippen molar-refractivity contribution in [3.05, 3.63) is 107 Å². The fourth-order valence-corrected chi connectivity index (χ4v) is 7.56. The number of rotatable bonds is 7. The molecule has 5 heterocycles. The second-order valence-corrected chi connectivity index (χ2v) is 13.3.